The van der Waals surface area contributed by atoms with Gasteiger partial charge in [0, 0.05) is 6.42 Å². The molecule has 0 aliphatic carbocycles. The molecule has 0 spiro atoms. The van der Waals surface area contributed by atoms with Crippen LogP contribution >= 0.6 is 0 Å². The monoisotopic (exact) mass is 308 g/mol. The van der Waals surface area contributed by atoms with Crippen molar-refractivity contribution in [1.29, 1.82) is 0 Å². The van der Waals surface area contributed by atoms with E-state index in [4.69, 9.17) is 9.16 Å². The molecule has 0 saturated carbocycles. The molecule has 0 aromatic heterocycles. The second kappa shape index (κ2) is 7.28. The summed E-state index contributed by atoms with van der Waals surface area (Å²) in [6.45, 7) is 13.5. The van der Waals surface area contributed by atoms with Gasteiger partial charge in [-0.25, -0.2) is 4.79 Å². The molecule has 1 heterocycles. The van der Waals surface area contributed by atoms with Gasteiger partial charge in [-0.2, -0.15) is 0 Å². The largest absolute Gasteiger partial charge is 0.452 e. The summed E-state index contributed by atoms with van der Waals surface area (Å²) in [4.78, 5) is 11.7. The first kappa shape index (κ1) is 18.0. The van der Waals surface area contributed by atoms with Gasteiger partial charge < -0.3 is 9.16 Å². The van der Waals surface area contributed by atoms with Gasteiger partial charge >= 0.3 is 5.97 Å². The molecule has 4 heteroatoms. The molecular weight excluding hydrogens is 280 g/mol. The zero-order valence-corrected chi connectivity index (χ0v) is 15.2. The highest BCUT2D eigenvalue weighted by Gasteiger charge is 2.38. The van der Waals surface area contributed by atoms with Crippen LogP contribution in [-0.2, 0) is 14.0 Å². The molecule has 21 heavy (non-hydrogen) atoms. The molecule has 0 radical (unpaired) electrons. The zero-order valence-electron chi connectivity index (χ0n) is 14.2. The fraction of sp³-hybridized carbons (Fsp3) is 0.706. The van der Waals surface area contributed by atoms with Crippen molar-refractivity contribution in [3.63, 3.8) is 0 Å². The standard InChI is InChI=1S/C17H28O3Si/c1-7-8-9-10-11-14-12-15(20-16(14)18)13-19-21(5,6)17(2,3)4/h12,15H,7-9,13H2,1-6H3/t15-/m0/s1. The first-order valence-corrected chi connectivity index (χ1v) is 10.6. The average Bonchev–Trinajstić information content (AvgIpc) is 2.72. The lowest BCUT2D eigenvalue weighted by Crippen LogP contribution is -2.42. The van der Waals surface area contributed by atoms with Crippen molar-refractivity contribution in [3.05, 3.63) is 11.6 Å². The summed E-state index contributed by atoms with van der Waals surface area (Å²) < 4.78 is 11.4. The minimum absolute atomic E-state index is 0.155. The van der Waals surface area contributed by atoms with Crippen LogP contribution in [0.4, 0.5) is 0 Å². The Balaban J connectivity index is 2.57. The van der Waals surface area contributed by atoms with Crippen LogP contribution in [0.3, 0.4) is 0 Å². The van der Waals surface area contributed by atoms with Gasteiger partial charge in [-0.05, 0) is 30.6 Å². The highest BCUT2D eigenvalue weighted by atomic mass is 28.4. The Kier molecular flexibility index (Phi) is 6.24. The van der Waals surface area contributed by atoms with Gasteiger partial charge in [0.05, 0.1) is 6.61 Å². The van der Waals surface area contributed by atoms with Crippen molar-refractivity contribution in [2.75, 3.05) is 6.61 Å². The van der Waals surface area contributed by atoms with Gasteiger partial charge in [-0.15, -0.1) is 0 Å². The third-order valence-corrected chi connectivity index (χ3v) is 8.62. The number of cyclic esters (lactones) is 1. The highest BCUT2D eigenvalue weighted by molar-refractivity contribution is 6.74. The predicted molar refractivity (Wildman–Crippen MR) is 88.4 cm³/mol. The van der Waals surface area contributed by atoms with Gasteiger partial charge in [0.1, 0.15) is 11.7 Å². The number of hydrogen-bond acceptors (Lipinski definition) is 3. The summed E-state index contributed by atoms with van der Waals surface area (Å²) in [6.07, 6.45) is 4.51. The smallest absolute Gasteiger partial charge is 0.347 e. The van der Waals surface area contributed by atoms with Crippen LogP contribution in [0.1, 0.15) is 47.0 Å². The third-order valence-electron chi connectivity index (χ3n) is 4.12. The zero-order chi connectivity index (χ0) is 16.1. The van der Waals surface area contributed by atoms with Gasteiger partial charge in [-0.1, -0.05) is 46.0 Å². The Labute approximate surface area is 130 Å². The molecule has 1 aliphatic rings. The van der Waals surface area contributed by atoms with E-state index in [-0.39, 0.29) is 17.1 Å². The van der Waals surface area contributed by atoms with Crippen molar-refractivity contribution in [3.8, 4) is 11.8 Å². The maximum atomic E-state index is 11.7. The topological polar surface area (TPSA) is 35.5 Å². The van der Waals surface area contributed by atoms with Crippen LogP contribution < -0.4 is 0 Å². The van der Waals surface area contributed by atoms with Crippen molar-refractivity contribution >= 4 is 14.3 Å². The third kappa shape index (κ3) is 5.33. The van der Waals surface area contributed by atoms with E-state index in [9.17, 15) is 4.79 Å². The molecule has 1 rings (SSSR count). The molecule has 3 nitrogen and oxygen atoms in total. The van der Waals surface area contributed by atoms with E-state index in [1.165, 1.54) is 0 Å². The van der Waals surface area contributed by atoms with E-state index < -0.39 is 8.32 Å². The highest BCUT2D eigenvalue weighted by Crippen LogP contribution is 2.36. The molecule has 0 aromatic carbocycles. The summed E-state index contributed by atoms with van der Waals surface area (Å²) in [5, 5.41) is 0.155. The Hall–Kier alpha value is -1.05. The summed E-state index contributed by atoms with van der Waals surface area (Å²) in [5.74, 6) is 5.62. The number of hydrogen-bond donors (Lipinski definition) is 0. The number of ether oxygens (including phenoxy) is 1. The summed E-state index contributed by atoms with van der Waals surface area (Å²) >= 11 is 0. The lowest BCUT2D eigenvalue weighted by Gasteiger charge is -2.36. The van der Waals surface area contributed by atoms with Gasteiger partial charge in [0.25, 0.3) is 0 Å². The molecule has 118 valence electrons. The fourth-order valence-electron chi connectivity index (χ4n) is 1.59. The Morgan fingerprint density at radius 1 is 1.38 bits per heavy atom. The fourth-order valence-corrected chi connectivity index (χ4v) is 2.61. The van der Waals surface area contributed by atoms with Crippen LogP contribution in [0, 0.1) is 11.8 Å². The molecule has 0 fully saturated rings. The lowest BCUT2D eigenvalue weighted by molar-refractivity contribution is -0.140. The van der Waals surface area contributed by atoms with E-state index >= 15 is 0 Å². The molecule has 0 bridgehead atoms. The van der Waals surface area contributed by atoms with E-state index in [0.29, 0.717) is 12.2 Å². The predicted octanol–water partition coefficient (Wildman–Crippen LogP) is 4.05. The van der Waals surface area contributed by atoms with Gasteiger partial charge in [-0.3, -0.25) is 0 Å². The molecular formula is C17H28O3Si. The maximum Gasteiger partial charge on any atom is 0.347 e. The van der Waals surface area contributed by atoms with Crippen molar-refractivity contribution in [2.24, 2.45) is 0 Å². The molecule has 0 saturated heterocycles. The summed E-state index contributed by atoms with van der Waals surface area (Å²) in [7, 11) is -1.81. The van der Waals surface area contributed by atoms with Crippen LogP contribution in [-0.4, -0.2) is 27.0 Å². The number of carbonyl (C=O) groups is 1. The Morgan fingerprint density at radius 2 is 2.05 bits per heavy atom. The van der Waals surface area contributed by atoms with E-state index in [2.05, 4.69) is 52.6 Å². The SMILES string of the molecule is CCCCC#CC1=C[C@@H](CO[Si](C)(C)C(C)(C)C)OC1=O. The van der Waals surface area contributed by atoms with E-state index in [0.717, 1.165) is 19.3 Å². The summed E-state index contributed by atoms with van der Waals surface area (Å²) in [6, 6.07) is 0. The number of unbranched alkanes of at least 4 members (excludes halogenated alkanes) is 2. The minimum atomic E-state index is -1.81. The second-order valence-corrected chi connectivity index (χ2v) is 11.8. The normalized spacial score (nSPS) is 18.9. The molecule has 1 atom stereocenters. The molecule has 0 amide bonds. The van der Waals surface area contributed by atoms with Crippen LogP contribution in [0.5, 0.6) is 0 Å². The Bertz CT molecular complexity index is 461. The number of esters is 1. The van der Waals surface area contributed by atoms with Gasteiger partial charge in [0.15, 0.2) is 8.32 Å². The van der Waals surface area contributed by atoms with Crippen molar-refractivity contribution in [1.82, 2.24) is 0 Å². The first-order valence-electron chi connectivity index (χ1n) is 7.73. The first-order chi connectivity index (χ1) is 9.67. The minimum Gasteiger partial charge on any atom is -0.452 e. The van der Waals surface area contributed by atoms with Gasteiger partial charge in [0.2, 0.25) is 0 Å². The van der Waals surface area contributed by atoms with Crippen LogP contribution in [0.25, 0.3) is 0 Å². The second-order valence-electron chi connectivity index (χ2n) is 7.00. The van der Waals surface area contributed by atoms with E-state index in [1.54, 1.807) is 6.08 Å². The summed E-state index contributed by atoms with van der Waals surface area (Å²) in [5.41, 5.74) is 0.481. The molecule has 1 aliphatic heterocycles. The quantitative estimate of drug-likeness (QED) is 0.333. The number of carbonyl (C=O) groups excluding carboxylic acids is 1. The molecule has 0 N–H and O–H groups in total. The average molecular weight is 308 g/mol. The maximum absolute atomic E-state index is 11.7. The van der Waals surface area contributed by atoms with Crippen LogP contribution in [0.15, 0.2) is 11.6 Å². The molecule has 0 aromatic rings. The number of rotatable bonds is 5. The Morgan fingerprint density at radius 3 is 2.62 bits per heavy atom. The van der Waals surface area contributed by atoms with E-state index in [1.807, 2.05) is 0 Å². The van der Waals surface area contributed by atoms with Crippen molar-refractivity contribution in [2.45, 2.75) is 71.2 Å². The molecule has 0 unspecified atom stereocenters. The lowest BCUT2D eigenvalue weighted by atomic mass is 10.2. The van der Waals surface area contributed by atoms with Crippen LogP contribution in [0.2, 0.25) is 18.1 Å². The van der Waals surface area contributed by atoms with Crippen molar-refractivity contribution < 1.29 is 14.0 Å².